The van der Waals surface area contributed by atoms with E-state index in [9.17, 15) is 14.0 Å². The number of nitrogens with one attached hydrogen (secondary N) is 2. The second-order valence-corrected chi connectivity index (χ2v) is 10.1. The lowest BCUT2D eigenvalue weighted by atomic mass is 9.91. The van der Waals surface area contributed by atoms with Crippen molar-refractivity contribution in [2.75, 3.05) is 13.2 Å². The number of halogens is 2. The molecule has 4 aromatic rings. The number of H-pyrrole nitrogens is 1. The fraction of sp³-hybridized carbons (Fsp3) is 0.207. The Bertz CT molecular complexity index is 1480. The molecule has 0 radical (unpaired) electrons. The number of nitrogens with zero attached hydrogens (tertiary/aromatic N) is 2. The fourth-order valence-corrected chi connectivity index (χ4v) is 5.09. The summed E-state index contributed by atoms with van der Waals surface area (Å²) in [6, 6.07) is 18.8. The number of aromatic nitrogens is 2. The number of aliphatic hydroxyl groups excluding tert-OH is 1. The predicted octanol–water partition coefficient (Wildman–Crippen LogP) is 5.49. The van der Waals surface area contributed by atoms with Gasteiger partial charge >= 0.3 is 6.03 Å². The third kappa shape index (κ3) is 5.43. The van der Waals surface area contributed by atoms with Crippen molar-refractivity contribution in [3.05, 3.63) is 106 Å². The molecule has 39 heavy (non-hydrogen) atoms. The van der Waals surface area contributed by atoms with Gasteiger partial charge in [0.1, 0.15) is 36.1 Å². The molecule has 1 aromatic heterocycles. The van der Waals surface area contributed by atoms with Crippen LogP contribution in [-0.2, 0) is 4.79 Å². The summed E-state index contributed by atoms with van der Waals surface area (Å²) in [5, 5.41) is 11.8. The molecule has 0 unspecified atom stereocenters. The maximum atomic E-state index is 14.7. The van der Waals surface area contributed by atoms with Crippen molar-refractivity contribution in [1.29, 1.82) is 0 Å². The number of benzene rings is 3. The molecule has 0 spiro atoms. The first kappa shape index (κ1) is 26.6. The third-order valence-electron chi connectivity index (χ3n) is 6.72. The van der Waals surface area contributed by atoms with Gasteiger partial charge in [0.2, 0.25) is 0 Å². The number of ether oxygens (including phenoxy) is 1. The molecule has 3 amide bonds. The summed E-state index contributed by atoms with van der Waals surface area (Å²) >= 11 is 3.27. The standard InChI is InChI=1S/C29H26BrFN4O4/c1-17(18-5-3-2-4-6-18)26(27-32-16-24(33-27)22-12-9-20(30)15-23(22)31)35-28(37)25(34-29(35)38)19-7-10-21(11-8-19)39-14-13-36/h2-12,15-17,25-26,36H,13-14H2,1H3,(H,32,33)(H,34,38)/t17-,25+,26-/m0/s1. The molecule has 1 fully saturated rings. The minimum Gasteiger partial charge on any atom is -0.491 e. The highest BCUT2D eigenvalue weighted by atomic mass is 79.9. The quantitative estimate of drug-likeness (QED) is 0.223. The molecule has 0 aliphatic carbocycles. The van der Waals surface area contributed by atoms with E-state index in [1.807, 2.05) is 37.3 Å². The zero-order chi connectivity index (χ0) is 27.5. The van der Waals surface area contributed by atoms with E-state index >= 15 is 0 Å². The average molecular weight is 593 g/mol. The largest absolute Gasteiger partial charge is 0.491 e. The molecule has 10 heteroatoms. The van der Waals surface area contributed by atoms with Gasteiger partial charge in [-0.3, -0.25) is 9.69 Å². The van der Waals surface area contributed by atoms with Crippen molar-refractivity contribution in [2.24, 2.45) is 0 Å². The average Bonchev–Trinajstić information content (AvgIpc) is 3.53. The van der Waals surface area contributed by atoms with E-state index in [0.29, 0.717) is 32.9 Å². The molecule has 0 bridgehead atoms. The van der Waals surface area contributed by atoms with Crippen molar-refractivity contribution in [3.8, 4) is 17.0 Å². The first-order chi connectivity index (χ1) is 18.9. The van der Waals surface area contributed by atoms with Crippen LogP contribution in [0.2, 0.25) is 0 Å². The van der Waals surface area contributed by atoms with Gasteiger partial charge in [-0.1, -0.05) is 65.3 Å². The summed E-state index contributed by atoms with van der Waals surface area (Å²) < 4.78 is 20.7. The summed E-state index contributed by atoms with van der Waals surface area (Å²) in [5.41, 5.74) is 2.25. The molecule has 1 saturated heterocycles. The highest BCUT2D eigenvalue weighted by Gasteiger charge is 2.46. The molecule has 5 rings (SSSR count). The number of aliphatic hydroxyl groups is 1. The van der Waals surface area contributed by atoms with Gasteiger partial charge in [-0.15, -0.1) is 0 Å². The molecule has 8 nitrogen and oxygen atoms in total. The Morgan fingerprint density at radius 2 is 1.85 bits per heavy atom. The van der Waals surface area contributed by atoms with Gasteiger partial charge in [0.05, 0.1) is 18.5 Å². The van der Waals surface area contributed by atoms with E-state index in [-0.39, 0.29) is 19.1 Å². The molecular formula is C29H26BrFN4O4. The number of aromatic amines is 1. The van der Waals surface area contributed by atoms with Crippen LogP contribution in [0.4, 0.5) is 9.18 Å². The van der Waals surface area contributed by atoms with E-state index in [1.54, 1.807) is 36.4 Å². The van der Waals surface area contributed by atoms with Gasteiger partial charge in [-0.2, -0.15) is 0 Å². The van der Waals surface area contributed by atoms with Crippen LogP contribution in [0.1, 0.15) is 41.9 Å². The molecule has 2 heterocycles. The number of carbonyl (C=O) groups is 2. The number of carbonyl (C=O) groups excluding carboxylic acids is 2. The van der Waals surface area contributed by atoms with Crippen LogP contribution in [0, 0.1) is 5.82 Å². The van der Waals surface area contributed by atoms with Gasteiger partial charge in [0.25, 0.3) is 5.91 Å². The van der Waals surface area contributed by atoms with Crippen molar-refractivity contribution in [2.45, 2.75) is 24.9 Å². The van der Waals surface area contributed by atoms with Gasteiger partial charge in [-0.05, 0) is 41.5 Å². The molecular weight excluding hydrogens is 567 g/mol. The smallest absolute Gasteiger partial charge is 0.325 e. The number of imide groups is 1. The van der Waals surface area contributed by atoms with Crippen LogP contribution in [-0.4, -0.2) is 45.1 Å². The topological polar surface area (TPSA) is 108 Å². The Morgan fingerprint density at radius 3 is 2.54 bits per heavy atom. The molecule has 200 valence electrons. The Kier molecular flexibility index (Phi) is 7.76. The Labute approximate surface area is 233 Å². The third-order valence-corrected chi connectivity index (χ3v) is 7.21. The monoisotopic (exact) mass is 592 g/mol. The van der Waals surface area contributed by atoms with Crippen LogP contribution in [0.15, 0.2) is 83.5 Å². The summed E-state index contributed by atoms with van der Waals surface area (Å²) in [5.74, 6) is -0.290. The Morgan fingerprint density at radius 1 is 1.10 bits per heavy atom. The van der Waals surface area contributed by atoms with Crippen LogP contribution in [0.5, 0.6) is 5.75 Å². The molecule has 1 aliphatic rings. The SMILES string of the molecule is C[C@@H](c1ccccc1)[C@@H](c1ncc(-c2ccc(Br)cc2F)[nH]1)N1C(=O)N[C@H](c2ccc(OCCO)cc2)C1=O. The summed E-state index contributed by atoms with van der Waals surface area (Å²) in [6.45, 7) is 1.96. The van der Waals surface area contributed by atoms with Crippen molar-refractivity contribution in [3.63, 3.8) is 0 Å². The van der Waals surface area contributed by atoms with Gasteiger partial charge < -0.3 is 20.1 Å². The van der Waals surface area contributed by atoms with Gasteiger partial charge in [-0.25, -0.2) is 14.2 Å². The van der Waals surface area contributed by atoms with E-state index in [2.05, 4.69) is 31.2 Å². The maximum absolute atomic E-state index is 14.7. The number of rotatable bonds is 9. The first-order valence-electron chi connectivity index (χ1n) is 12.4. The van der Waals surface area contributed by atoms with Crippen molar-refractivity contribution in [1.82, 2.24) is 20.2 Å². The summed E-state index contributed by atoms with van der Waals surface area (Å²) in [7, 11) is 0. The molecule has 3 N–H and O–H groups in total. The number of hydrogen-bond donors (Lipinski definition) is 3. The van der Waals surface area contributed by atoms with Gasteiger partial charge in [0, 0.05) is 16.0 Å². The Hall–Kier alpha value is -4.02. The van der Waals surface area contributed by atoms with Crippen molar-refractivity contribution < 1.29 is 23.8 Å². The van der Waals surface area contributed by atoms with Crippen molar-refractivity contribution >= 4 is 27.9 Å². The lowest BCUT2D eigenvalue weighted by Gasteiger charge is -2.29. The number of amides is 3. The molecule has 3 aromatic carbocycles. The normalized spacial score (nSPS) is 16.7. The molecule has 1 aliphatic heterocycles. The van der Waals surface area contributed by atoms with E-state index in [1.165, 1.54) is 17.2 Å². The first-order valence-corrected chi connectivity index (χ1v) is 13.2. The van der Waals surface area contributed by atoms with Gasteiger partial charge in [0.15, 0.2) is 0 Å². The number of imidazole rings is 1. The van der Waals surface area contributed by atoms with E-state index in [4.69, 9.17) is 9.84 Å². The lowest BCUT2D eigenvalue weighted by molar-refractivity contribution is -0.129. The summed E-state index contributed by atoms with van der Waals surface area (Å²) in [4.78, 5) is 36.0. The minimum absolute atomic E-state index is 0.113. The number of hydrogen-bond acceptors (Lipinski definition) is 5. The molecule has 0 saturated carbocycles. The second kappa shape index (κ2) is 11.4. The van der Waals surface area contributed by atoms with E-state index in [0.717, 1.165) is 5.56 Å². The summed E-state index contributed by atoms with van der Waals surface area (Å²) in [6.07, 6.45) is 1.51. The fourth-order valence-electron chi connectivity index (χ4n) is 4.76. The highest BCUT2D eigenvalue weighted by molar-refractivity contribution is 9.10. The predicted molar refractivity (Wildman–Crippen MR) is 146 cm³/mol. The number of urea groups is 1. The Balaban J connectivity index is 1.50. The highest BCUT2D eigenvalue weighted by Crippen LogP contribution is 2.39. The van der Waals surface area contributed by atoms with Crippen LogP contribution in [0.25, 0.3) is 11.3 Å². The molecule has 3 atom stereocenters. The van der Waals surface area contributed by atoms with Crippen LogP contribution >= 0.6 is 15.9 Å². The van der Waals surface area contributed by atoms with E-state index < -0.39 is 29.8 Å². The lowest BCUT2D eigenvalue weighted by Crippen LogP contribution is -2.38. The second-order valence-electron chi connectivity index (χ2n) is 9.18. The zero-order valence-corrected chi connectivity index (χ0v) is 22.6. The van der Waals surface area contributed by atoms with Crippen LogP contribution < -0.4 is 10.1 Å². The van der Waals surface area contributed by atoms with Crippen LogP contribution in [0.3, 0.4) is 0 Å². The zero-order valence-electron chi connectivity index (χ0n) is 21.0. The minimum atomic E-state index is -0.895. The maximum Gasteiger partial charge on any atom is 0.325 e.